The van der Waals surface area contributed by atoms with Crippen LogP contribution in [0.25, 0.3) is 5.52 Å². The van der Waals surface area contributed by atoms with Gasteiger partial charge in [-0.25, -0.2) is 13.1 Å². The Morgan fingerprint density at radius 2 is 1.89 bits per heavy atom. The number of rotatable bonds is 7. The number of nitrogens with zero attached hydrogens (tertiary/aromatic N) is 3. The van der Waals surface area contributed by atoms with Crippen molar-refractivity contribution in [1.29, 1.82) is 0 Å². The molecule has 0 aliphatic rings. The summed E-state index contributed by atoms with van der Waals surface area (Å²) in [6, 6.07) is 6.14. The monoisotopic (exact) mass is 406 g/mol. The normalized spacial score (nSPS) is 11.6. The molecule has 2 heterocycles. The summed E-state index contributed by atoms with van der Waals surface area (Å²) in [5.74, 6) is 1.41. The molecule has 0 aliphatic carbocycles. The lowest BCUT2D eigenvalue weighted by molar-refractivity contribution is 0.405. The van der Waals surface area contributed by atoms with Crippen molar-refractivity contribution in [3.8, 4) is 11.5 Å². The molecule has 9 nitrogen and oxygen atoms in total. The third-order valence-electron chi connectivity index (χ3n) is 4.34. The fraction of sp³-hybridized carbons (Fsp3) is 0.333. The van der Waals surface area contributed by atoms with Crippen LogP contribution in [-0.2, 0) is 23.0 Å². The first-order valence-corrected chi connectivity index (χ1v) is 10.2. The van der Waals surface area contributed by atoms with Crippen LogP contribution in [0, 0.1) is 0 Å². The molecule has 0 saturated heterocycles. The Labute approximate surface area is 162 Å². The third kappa shape index (κ3) is 3.42. The highest BCUT2D eigenvalue weighted by Crippen LogP contribution is 2.31. The quantitative estimate of drug-likeness (QED) is 0.643. The van der Waals surface area contributed by atoms with Crippen molar-refractivity contribution in [3.05, 3.63) is 46.6 Å². The second kappa shape index (κ2) is 7.55. The van der Waals surface area contributed by atoms with E-state index in [0.717, 1.165) is 0 Å². The molecule has 2 aromatic heterocycles. The predicted octanol–water partition coefficient (Wildman–Crippen LogP) is 1.90. The van der Waals surface area contributed by atoms with Gasteiger partial charge in [-0.2, -0.15) is 5.10 Å². The molecule has 0 aliphatic heterocycles. The molecular formula is C18H22N4O5S. The summed E-state index contributed by atoms with van der Waals surface area (Å²) >= 11 is 0. The molecule has 0 radical (unpaired) electrons. The first kappa shape index (κ1) is 19.7. The van der Waals surface area contributed by atoms with Gasteiger partial charge < -0.3 is 9.47 Å². The maximum atomic E-state index is 13.0. The number of benzene rings is 1. The lowest BCUT2D eigenvalue weighted by Gasteiger charge is -2.12. The second-order valence-corrected chi connectivity index (χ2v) is 7.68. The number of methoxy groups -OCH3 is 2. The van der Waals surface area contributed by atoms with Gasteiger partial charge in [-0.1, -0.05) is 6.92 Å². The van der Waals surface area contributed by atoms with Crippen molar-refractivity contribution in [1.82, 2.24) is 14.2 Å². The molecule has 1 aromatic carbocycles. The van der Waals surface area contributed by atoms with Crippen LogP contribution < -0.4 is 19.8 Å². The van der Waals surface area contributed by atoms with Crippen molar-refractivity contribution in [2.24, 2.45) is 0 Å². The summed E-state index contributed by atoms with van der Waals surface area (Å²) < 4.78 is 41.6. The number of aromatic nitrogens is 3. The lowest BCUT2D eigenvalue weighted by Crippen LogP contribution is -2.26. The predicted molar refractivity (Wildman–Crippen MR) is 105 cm³/mol. The lowest BCUT2D eigenvalue weighted by atomic mass is 10.3. The molecule has 0 atom stereocenters. The van der Waals surface area contributed by atoms with Gasteiger partial charge in [0.1, 0.15) is 27.7 Å². The standard InChI is InChI=1S/C18H22N4O5S/c1-5-17-19-22(6-2)18(23)15-10-13(11-21(15)17)28(24,25)20-14-9-12(26-3)7-8-16(14)27-4/h7-11,20H,5-6H2,1-4H3. The number of sulfonamides is 1. The molecule has 3 aromatic rings. The summed E-state index contributed by atoms with van der Waals surface area (Å²) in [7, 11) is -1.05. The minimum atomic E-state index is -3.98. The van der Waals surface area contributed by atoms with Crippen LogP contribution in [0.3, 0.4) is 0 Å². The molecule has 0 unspecified atom stereocenters. The highest BCUT2D eigenvalue weighted by molar-refractivity contribution is 7.92. The topological polar surface area (TPSA) is 104 Å². The number of ether oxygens (including phenoxy) is 2. The molecule has 28 heavy (non-hydrogen) atoms. The average Bonchev–Trinajstić information content (AvgIpc) is 3.15. The van der Waals surface area contributed by atoms with Gasteiger partial charge in [0.05, 0.1) is 19.9 Å². The number of aryl methyl sites for hydroxylation is 2. The van der Waals surface area contributed by atoms with Crippen molar-refractivity contribution < 1.29 is 17.9 Å². The van der Waals surface area contributed by atoms with E-state index in [2.05, 4.69) is 9.82 Å². The summed E-state index contributed by atoms with van der Waals surface area (Å²) in [6.07, 6.45) is 1.94. The van der Waals surface area contributed by atoms with Crippen molar-refractivity contribution in [2.45, 2.75) is 31.7 Å². The first-order valence-electron chi connectivity index (χ1n) is 8.71. The van der Waals surface area contributed by atoms with Crippen LogP contribution in [0.4, 0.5) is 5.69 Å². The summed E-state index contributed by atoms with van der Waals surface area (Å²) in [5, 5.41) is 4.28. The fourth-order valence-corrected chi connectivity index (χ4v) is 3.96. The van der Waals surface area contributed by atoms with E-state index in [1.807, 2.05) is 13.8 Å². The van der Waals surface area contributed by atoms with E-state index in [4.69, 9.17) is 9.47 Å². The van der Waals surface area contributed by atoms with Gasteiger partial charge in [0, 0.05) is 25.2 Å². The van der Waals surface area contributed by atoms with E-state index < -0.39 is 10.0 Å². The molecule has 0 spiro atoms. The van der Waals surface area contributed by atoms with Crippen molar-refractivity contribution >= 4 is 21.2 Å². The highest BCUT2D eigenvalue weighted by Gasteiger charge is 2.21. The Kier molecular flexibility index (Phi) is 5.32. The van der Waals surface area contributed by atoms with Crippen molar-refractivity contribution in [3.63, 3.8) is 0 Å². The molecular weight excluding hydrogens is 384 g/mol. The van der Waals surface area contributed by atoms with E-state index in [1.165, 1.54) is 41.6 Å². The molecule has 0 bridgehead atoms. The molecule has 150 valence electrons. The van der Waals surface area contributed by atoms with Gasteiger partial charge in [0.2, 0.25) is 0 Å². The molecule has 0 amide bonds. The average molecular weight is 406 g/mol. The van der Waals surface area contributed by atoms with Gasteiger partial charge in [-0.3, -0.25) is 13.9 Å². The molecule has 0 saturated carbocycles. The zero-order valence-corrected chi connectivity index (χ0v) is 16.9. The Morgan fingerprint density at radius 1 is 1.14 bits per heavy atom. The number of fused-ring (bicyclic) bond motifs is 1. The number of anilines is 1. The fourth-order valence-electron chi connectivity index (χ4n) is 2.88. The zero-order valence-electron chi connectivity index (χ0n) is 16.1. The molecule has 10 heteroatoms. The summed E-state index contributed by atoms with van der Waals surface area (Å²) in [4.78, 5) is 12.5. The van der Waals surface area contributed by atoms with E-state index in [9.17, 15) is 13.2 Å². The van der Waals surface area contributed by atoms with Gasteiger partial charge in [0.15, 0.2) is 0 Å². The van der Waals surface area contributed by atoms with E-state index in [-0.39, 0.29) is 21.7 Å². The number of hydrogen-bond acceptors (Lipinski definition) is 6. The van der Waals surface area contributed by atoms with E-state index in [1.54, 1.807) is 12.1 Å². The molecule has 0 fully saturated rings. The highest BCUT2D eigenvalue weighted by atomic mass is 32.2. The van der Waals surface area contributed by atoms with E-state index >= 15 is 0 Å². The Balaban J connectivity index is 2.12. The largest absolute Gasteiger partial charge is 0.497 e. The van der Waals surface area contributed by atoms with Crippen LogP contribution >= 0.6 is 0 Å². The summed E-state index contributed by atoms with van der Waals surface area (Å²) in [6.45, 7) is 4.09. The van der Waals surface area contributed by atoms with Crippen LogP contribution in [0.2, 0.25) is 0 Å². The number of hydrogen-bond donors (Lipinski definition) is 1. The molecule has 3 rings (SSSR count). The Morgan fingerprint density at radius 3 is 2.50 bits per heavy atom. The number of nitrogens with one attached hydrogen (secondary N) is 1. The maximum absolute atomic E-state index is 13.0. The summed E-state index contributed by atoms with van der Waals surface area (Å²) in [5.41, 5.74) is 0.142. The minimum Gasteiger partial charge on any atom is -0.497 e. The second-order valence-electron chi connectivity index (χ2n) is 5.99. The van der Waals surface area contributed by atoms with Crippen LogP contribution in [-0.4, -0.2) is 36.8 Å². The van der Waals surface area contributed by atoms with Gasteiger partial charge in [-0.05, 0) is 25.1 Å². The first-order chi connectivity index (χ1) is 13.3. The SMILES string of the molecule is CCc1nn(CC)c(=O)c2cc(S(=O)(=O)Nc3cc(OC)ccc3OC)cn12. The Bertz CT molecular complexity index is 1180. The zero-order chi connectivity index (χ0) is 20.5. The van der Waals surface area contributed by atoms with Gasteiger partial charge >= 0.3 is 0 Å². The maximum Gasteiger partial charge on any atom is 0.291 e. The van der Waals surface area contributed by atoms with Gasteiger partial charge in [-0.15, -0.1) is 0 Å². The smallest absolute Gasteiger partial charge is 0.291 e. The molecule has 1 N–H and O–H groups in total. The van der Waals surface area contributed by atoms with Crippen molar-refractivity contribution in [2.75, 3.05) is 18.9 Å². The van der Waals surface area contributed by atoms with Crippen LogP contribution in [0.15, 0.2) is 40.2 Å². The third-order valence-corrected chi connectivity index (χ3v) is 5.67. The Hall–Kier alpha value is -3.01. The van der Waals surface area contributed by atoms with Crippen LogP contribution in [0.5, 0.6) is 11.5 Å². The van der Waals surface area contributed by atoms with Gasteiger partial charge in [0.25, 0.3) is 15.6 Å². The van der Waals surface area contributed by atoms with E-state index in [0.29, 0.717) is 30.3 Å². The van der Waals surface area contributed by atoms with Crippen LogP contribution in [0.1, 0.15) is 19.7 Å². The minimum absolute atomic E-state index is 0.0418.